The maximum absolute atomic E-state index is 12.0. The van der Waals surface area contributed by atoms with Gasteiger partial charge in [-0.25, -0.2) is 0 Å². The molecule has 0 aromatic heterocycles. The third kappa shape index (κ3) is 4.93. The molecule has 0 aliphatic carbocycles. The Bertz CT molecular complexity index is 429. The largest absolute Gasteiger partial charge is 0.481 e. The fourth-order valence-corrected chi connectivity index (χ4v) is 2.04. The van der Waals surface area contributed by atoms with E-state index in [1.54, 1.807) is 6.92 Å². The second-order valence-electron chi connectivity index (χ2n) is 5.23. The summed E-state index contributed by atoms with van der Waals surface area (Å²) in [6.45, 7) is 9.95. The first kappa shape index (κ1) is 15.5. The summed E-state index contributed by atoms with van der Waals surface area (Å²) in [6.07, 6.45) is 1.58. The first-order valence-electron chi connectivity index (χ1n) is 6.98. The molecule has 0 saturated heterocycles. The lowest BCUT2D eigenvalue weighted by Crippen LogP contribution is -2.41. The molecule has 106 valence electrons. The van der Waals surface area contributed by atoms with Gasteiger partial charge in [-0.05, 0) is 45.7 Å². The molecule has 1 amide bonds. The maximum Gasteiger partial charge on any atom is 0.260 e. The Labute approximate surface area is 116 Å². The molecule has 0 fully saturated rings. The second-order valence-corrected chi connectivity index (χ2v) is 5.23. The number of benzene rings is 1. The number of rotatable bonds is 6. The van der Waals surface area contributed by atoms with Crippen molar-refractivity contribution < 1.29 is 9.53 Å². The Kier molecular flexibility index (Phi) is 5.87. The van der Waals surface area contributed by atoms with Crippen LogP contribution < -0.4 is 10.1 Å². The molecule has 0 saturated carbocycles. The minimum Gasteiger partial charge on any atom is -0.481 e. The quantitative estimate of drug-likeness (QED) is 0.854. The van der Waals surface area contributed by atoms with Crippen LogP contribution in [0, 0.1) is 13.8 Å². The van der Waals surface area contributed by atoms with Crippen molar-refractivity contribution in [2.24, 2.45) is 0 Å². The smallest absolute Gasteiger partial charge is 0.260 e. The normalized spacial score (nSPS) is 13.7. The van der Waals surface area contributed by atoms with Crippen LogP contribution in [-0.2, 0) is 4.79 Å². The van der Waals surface area contributed by atoms with Crippen LogP contribution >= 0.6 is 0 Å². The SMILES string of the molecule is CCC[C@@H](C)NC(=O)[C@H](C)Oc1ccc(C)cc1C. The average Bonchev–Trinajstić information content (AvgIpc) is 2.32. The van der Waals surface area contributed by atoms with Crippen LogP contribution in [0.15, 0.2) is 18.2 Å². The van der Waals surface area contributed by atoms with Gasteiger partial charge in [0.1, 0.15) is 5.75 Å². The molecule has 1 rings (SSSR count). The Morgan fingerprint density at radius 1 is 1.32 bits per heavy atom. The molecule has 0 heterocycles. The Balaban J connectivity index is 2.58. The third-order valence-electron chi connectivity index (χ3n) is 3.11. The van der Waals surface area contributed by atoms with Crippen molar-refractivity contribution >= 4 is 5.91 Å². The van der Waals surface area contributed by atoms with Crippen LogP contribution in [0.2, 0.25) is 0 Å². The summed E-state index contributed by atoms with van der Waals surface area (Å²) in [6, 6.07) is 6.17. The highest BCUT2D eigenvalue weighted by Gasteiger charge is 2.17. The van der Waals surface area contributed by atoms with Gasteiger partial charge in [-0.3, -0.25) is 4.79 Å². The lowest BCUT2D eigenvalue weighted by atomic mass is 10.1. The number of hydrogen-bond donors (Lipinski definition) is 1. The van der Waals surface area contributed by atoms with Gasteiger partial charge < -0.3 is 10.1 Å². The molecule has 3 heteroatoms. The number of carbonyl (C=O) groups is 1. The summed E-state index contributed by atoms with van der Waals surface area (Å²) in [7, 11) is 0. The van der Waals surface area contributed by atoms with E-state index < -0.39 is 6.10 Å². The second kappa shape index (κ2) is 7.17. The van der Waals surface area contributed by atoms with Crippen molar-refractivity contribution in [2.75, 3.05) is 0 Å². The monoisotopic (exact) mass is 263 g/mol. The predicted molar refractivity (Wildman–Crippen MR) is 78.5 cm³/mol. The van der Waals surface area contributed by atoms with Crippen LogP contribution in [0.4, 0.5) is 0 Å². The summed E-state index contributed by atoms with van der Waals surface area (Å²) < 4.78 is 5.73. The topological polar surface area (TPSA) is 38.3 Å². The van der Waals surface area contributed by atoms with Gasteiger partial charge in [0.15, 0.2) is 6.10 Å². The Hall–Kier alpha value is -1.51. The number of amides is 1. The zero-order valence-corrected chi connectivity index (χ0v) is 12.6. The molecule has 0 unspecified atom stereocenters. The minimum atomic E-state index is -0.472. The summed E-state index contributed by atoms with van der Waals surface area (Å²) in [4.78, 5) is 12.0. The highest BCUT2D eigenvalue weighted by Crippen LogP contribution is 2.20. The van der Waals surface area contributed by atoms with Crippen LogP contribution in [0.3, 0.4) is 0 Å². The number of nitrogens with one attached hydrogen (secondary N) is 1. The van der Waals surface area contributed by atoms with E-state index in [9.17, 15) is 4.79 Å². The van der Waals surface area contributed by atoms with Gasteiger partial charge in [-0.2, -0.15) is 0 Å². The molecule has 0 aliphatic heterocycles. The molecule has 1 N–H and O–H groups in total. The fraction of sp³-hybridized carbons (Fsp3) is 0.562. The van der Waals surface area contributed by atoms with Crippen molar-refractivity contribution in [1.29, 1.82) is 0 Å². The molecule has 19 heavy (non-hydrogen) atoms. The van der Waals surface area contributed by atoms with Gasteiger partial charge in [-0.15, -0.1) is 0 Å². The van der Waals surface area contributed by atoms with Crippen LogP contribution in [0.5, 0.6) is 5.75 Å². The van der Waals surface area contributed by atoms with E-state index in [-0.39, 0.29) is 11.9 Å². The van der Waals surface area contributed by atoms with E-state index in [1.807, 2.05) is 32.9 Å². The lowest BCUT2D eigenvalue weighted by Gasteiger charge is -2.19. The van der Waals surface area contributed by atoms with E-state index in [4.69, 9.17) is 4.74 Å². The summed E-state index contributed by atoms with van der Waals surface area (Å²) in [5.74, 6) is 0.720. The van der Waals surface area contributed by atoms with Gasteiger partial charge in [0.05, 0.1) is 0 Å². The van der Waals surface area contributed by atoms with Gasteiger partial charge in [-0.1, -0.05) is 31.0 Å². The summed E-state index contributed by atoms with van der Waals surface area (Å²) >= 11 is 0. The van der Waals surface area contributed by atoms with Crippen molar-refractivity contribution in [3.05, 3.63) is 29.3 Å². The van der Waals surface area contributed by atoms with Crippen molar-refractivity contribution in [3.8, 4) is 5.75 Å². The number of hydrogen-bond acceptors (Lipinski definition) is 2. The molecule has 0 bridgehead atoms. The van der Waals surface area contributed by atoms with Crippen molar-refractivity contribution in [2.45, 2.75) is 59.6 Å². The average molecular weight is 263 g/mol. The van der Waals surface area contributed by atoms with Crippen LogP contribution in [-0.4, -0.2) is 18.1 Å². The van der Waals surface area contributed by atoms with Crippen LogP contribution in [0.1, 0.15) is 44.7 Å². The predicted octanol–water partition coefficient (Wildman–Crippen LogP) is 3.38. The van der Waals surface area contributed by atoms with E-state index in [2.05, 4.69) is 18.3 Å². The molecule has 0 radical (unpaired) electrons. The first-order valence-corrected chi connectivity index (χ1v) is 6.98. The fourth-order valence-electron chi connectivity index (χ4n) is 2.04. The highest BCUT2D eigenvalue weighted by molar-refractivity contribution is 5.81. The highest BCUT2D eigenvalue weighted by atomic mass is 16.5. The van der Waals surface area contributed by atoms with E-state index in [0.717, 1.165) is 24.2 Å². The minimum absolute atomic E-state index is 0.0547. The Morgan fingerprint density at radius 2 is 2.00 bits per heavy atom. The van der Waals surface area contributed by atoms with Crippen molar-refractivity contribution in [1.82, 2.24) is 5.32 Å². The summed E-state index contributed by atoms with van der Waals surface area (Å²) in [5.41, 5.74) is 2.25. The number of aryl methyl sites for hydroxylation is 2. The maximum atomic E-state index is 12.0. The molecule has 2 atom stereocenters. The van der Waals surface area contributed by atoms with E-state index >= 15 is 0 Å². The third-order valence-corrected chi connectivity index (χ3v) is 3.11. The van der Waals surface area contributed by atoms with E-state index in [0.29, 0.717) is 0 Å². The standard InChI is InChI=1S/C16H25NO2/c1-6-7-13(4)17-16(18)14(5)19-15-9-8-11(2)10-12(15)3/h8-10,13-14H,6-7H2,1-5H3,(H,17,18)/t13-,14+/m1/s1. The molecule has 0 spiro atoms. The van der Waals surface area contributed by atoms with Crippen molar-refractivity contribution in [3.63, 3.8) is 0 Å². The van der Waals surface area contributed by atoms with Gasteiger partial charge >= 0.3 is 0 Å². The summed E-state index contributed by atoms with van der Waals surface area (Å²) in [5, 5.41) is 2.97. The first-order chi connectivity index (χ1) is 8.93. The number of ether oxygens (including phenoxy) is 1. The molecule has 1 aromatic carbocycles. The molecule has 1 aromatic rings. The van der Waals surface area contributed by atoms with Gasteiger partial charge in [0, 0.05) is 6.04 Å². The zero-order chi connectivity index (χ0) is 14.4. The van der Waals surface area contributed by atoms with Gasteiger partial charge in [0.2, 0.25) is 0 Å². The van der Waals surface area contributed by atoms with E-state index in [1.165, 1.54) is 5.56 Å². The molecule has 0 aliphatic rings. The molecule has 3 nitrogen and oxygen atoms in total. The number of carbonyl (C=O) groups excluding carboxylic acids is 1. The molecular formula is C16H25NO2. The molecular weight excluding hydrogens is 238 g/mol. The Morgan fingerprint density at radius 3 is 2.58 bits per heavy atom. The van der Waals surface area contributed by atoms with Crippen LogP contribution in [0.25, 0.3) is 0 Å². The zero-order valence-electron chi connectivity index (χ0n) is 12.6. The lowest BCUT2D eigenvalue weighted by molar-refractivity contribution is -0.127. The van der Waals surface area contributed by atoms with Gasteiger partial charge in [0.25, 0.3) is 5.91 Å².